The molecule has 0 saturated carbocycles. The first-order valence-electron chi connectivity index (χ1n) is 9.23. The van der Waals surface area contributed by atoms with Crippen LogP contribution in [0, 0.1) is 0 Å². The second-order valence-electron chi connectivity index (χ2n) is 7.54. The molecule has 4 rings (SSSR count). The van der Waals surface area contributed by atoms with Gasteiger partial charge in [0.25, 0.3) is 11.9 Å². The summed E-state index contributed by atoms with van der Waals surface area (Å²) in [5.74, 6) is 0.441. The van der Waals surface area contributed by atoms with Gasteiger partial charge in [0, 0.05) is 22.8 Å². The van der Waals surface area contributed by atoms with Gasteiger partial charge in [0.05, 0.1) is 5.69 Å². The van der Waals surface area contributed by atoms with Crippen molar-refractivity contribution >= 4 is 34.6 Å². The fourth-order valence-corrected chi connectivity index (χ4v) is 4.37. The lowest BCUT2D eigenvalue weighted by Gasteiger charge is -2.45. The Morgan fingerprint density at radius 2 is 2.17 bits per heavy atom. The minimum absolute atomic E-state index is 0.102. The summed E-state index contributed by atoms with van der Waals surface area (Å²) in [4.78, 5) is 22.6. The van der Waals surface area contributed by atoms with Gasteiger partial charge in [0.2, 0.25) is 5.13 Å². The first kappa shape index (κ1) is 19.1. The lowest BCUT2D eigenvalue weighted by Crippen LogP contribution is -2.51. The molecular weight excluding hydrogens is 386 g/mol. The molecule has 29 heavy (non-hydrogen) atoms. The van der Waals surface area contributed by atoms with Crippen LogP contribution in [0.15, 0.2) is 59.0 Å². The summed E-state index contributed by atoms with van der Waals surface area (Å²) in [7, 11) is 0. The molecule has 2 aromatic heterocycles. The van der Waals surface area contributed by atoms with E-state index in [1.165, 1.54) is 17.4 Å². The van der Waals surface area contributed by atoms with Crippen LogP contribution in [0.4, 0.5) is 17.3 Å². The van der Waals surface area contributed by atoms with Gasteiger partial charge in [-0.2, -0.15) is 9.67 Å². The maximum Gasteiger partial charge on any atom is 0.287 e. The van der Waals surface area contributed by atoms with Gasteiger partial charge in [0.1, 0.15) is 6.33 Å². The van der Waals surface area contributed by atoms with Crippen LogP contribution in [0.1, 0.15) is 38.7 Å². The molecule has 0 aliphatic carbocycles. The predicted octanol–water partition coefficient (Wildman–Crippen LogP) is 4.94. The highest BCUT2D eigenvalue weighted by molar-refractivity contribution is 7.12. The van der Waals surface area contributed by atoms with Crippen LogP contribution in [-0.2, 0) is 4.79 Å². The molecule has 3 aromatic rings. The van der Waals surface area contributed by atoms with Crippen molar-refractivity contribution in [2.45, 2.75) is 38.6 Å². The summed E-state index contributed by atoms with van der Waals surface area (Å²) in [6.45, 7) is 9.96. The Balaban J connectivity index is 1.63. The molecule has 3 heterocycles. The molecule has 0 fully saturated rings. The Morgan fingerprint density at radius 3 is 2.90 bits per heavy atom. The first-order chi connectivity index (χ1) is 13.9. The maximum atomic E-state index is 12.5. The molecule has 1 unspecified atom stereocenters. The number of hydrogen-bond acceptors (Lipinski definition) is 7. The van der Waals surface area contributed by atoms with Crippen LogP contribution >= 0.6 is 11.3 Å². The molecule has 0 N–H and O–H groups in total. The van der Waals surface area contributed by atoms with Crippen molar-refractivity contribution in [1.29, 1.82) is 0 Å². The number of azo groups is 1. The molecule has 148 valence electrons. The zero-order chi connectivity index (χ0) is 20.6. The molecule has 0 radical (unpaired) electrons. The van der Waals surface area contributed by atoms with Crippen LogP contribution in [0.25, 0.3) is 5.13 Å². The Kier molecular flexibility index (Phi) is 4.83. The Labute approximate surface area is 172 Å². The topological polar surface area (TPSA) is 88.6 Å². The van der Waals surface area contributed by atoms with Crippen LogP contribution < -0.4 is 4.90 Å². The van der Waals surface area contributed by atoms with Crippen LogP contribution in [0.3, 0.4) is 0 Å². The van der Waals surface area contributed by atoms with Gasteiger partial charge in [-0.25, -0.2) is 4.98 Å². The molecule has 0 bridgehead atoms. The number of carbonyl (C=O) groups is 1. The van der Waals surface area contributed by atoms with E-state index in [-0.39, 0.29) is 23.3 Å². The molecule has 1 aliphatic rings. The zero-order valence-corrected chi connectivity index (χ0v) is 17.3. The van der Waals surface area contributed by atoms with Crippen LogP contribution in [-0.4, -0.2) is 31.2 Å². The molecule has 1 aliphatic heterocycles. The number of carbonyl (C=O) groups excluding carboxylic acids is 1. The highest BCUT2D eigenvalue weighted by Crippen LogP contribution is 2.44. The SMILES string of the molecule is C=CC(=O)N1c2ccc(N=Nc3ncn(-c4nccs4)n3)cc2C(C)CC1(C)C. The van der Waals surface area contributed by atoms with Crippen molar-refractivity contribution in [1.82, 2.24) is 19.7 Å². The molecule has 9 heteroatoms. The van der Waals surface area contributed by atoms with Gasteiger partial charge in [0.15, 0.2) is 0 Å². The van der Waals surface area contributed by atoms with Crippen molar-refractivity contribution in [2.24, 2.45) is 10.2 Å². The second kappa shape index (κ2) is 7.32. The molecule has 0 spiro atoms. The third-order valence-corrected chi connectivity index (χ3v) is 5.70. The highest BCUT2D eigenvalue weighted by atomic mass is 32.1. The van der Waals surface area contributed by atoms with E-state index in [4.69, 9.17) is 0 Å². The molecule has 8 nitrogen and oxygen atoms in total. The quantitative estimate of drug-likeness (QED) is 0.452. The fourth-order valence-electron chi connectivity index (χ4n) is 3.81. The van der Waals surface area contributed by atoms with E-state index in [0.717, 1.165) is 22.8 Å². The summed E-state index contributed by atoms with van der Waals surface area (Å²) >= 11 is 1.46. The number of thiazole rings is 1. The third-order valence-electron chi connectivity index (χ3n) is 4.94. The molecule has 1 atom stereocenters. The van der Waals surface area contributed by atoms with Gasteiger partial charge >= 0.3 is 0 Å². The van der Waals surface area contributed by atoms with Crippen LogP contribution in [0.5, 0.6) is 0 Å². The average Bonchev–Trinajstić information content (AvgIpc) is 3.37. The van der Waals surface area contributed by atoms with E-state index in [9.17, 15) is 4.79 Å². The van der Waals surface area contributed by atoms with Crippen molar-refractivity contribution in [3.63, 3.8) is 0 Å². The maximum absolute atomic E-state index is 12.5. The Hall–Kier alpha value is -3.20. The van der Waals surface area contributed by atoms with Crippen molar-refractivity contribution in [2.75, 3.05) is 4.90 Å². The number of nitrogens with zero attached hydrogens (tertiary/aromatic N) is 7. The van der Waals surface area contributed by atoms with Gasteiger partial charge in [-0.05, 0) is 56.0 Å². The highest BCUT2D eigenvalue weighted by Gasteiger charge is 2.39. The summed E-state index contributed by atoms with van der Waals surface area (Å²) in [5.41, 5.74) is 2.36. The van der Waals surface area contributed by atoms with Gasteiger partial charge in [-0.15, -0.1) is 26.7 Å². The van der Waals surface area contributed by atoms with Gasteiger partial charge < -0.3 is 4.90 Å². The van der Waals surface area contributed by atoms with E-state index < -0.39 is 0 Å². The zero-order valence-electron chi connectivity index (χ0n) is 16.5. The van der Waals surface area contributed by atoms with Crippen molar-refractivity contribution < 1.29 is 4.79 Å². The van der Waals surface area contributed by atoms with E-state index in [0.29, 0.717) is 5.69 Å². The van der Waals surface area contributed by atoms with E-state index in [2.05, 4.69) is 52.6 Å². The summed E-state index contributed by atoms with van der Waals surface area (Å²) in [6.07, 6.45) is 5.47. The molecule has 1 amide bonds. The number of benzene rings is 1. The van der Waals surface area contributed by atoms with E-state index >= 15 is 0 Å². The summed E-state index contributed by atoms with van der Waals surface area (Å²) < 4.78 is 1.56. The van der Waals surface area contributed by atoms with Gasteiger partial charge in [-0.1, -0.05) is 13.5 Å². The minimum atomic E-state index is -0.284. The third kappa shape index (κ3) is 3.61. The second-order valence-corrected chi connectivity index (χ2v) is 8.42. The number of fused-ring (bicyclic) bond motifs is 1. The summed E-state index contributed by atoms with van der Waals surface area (Å²) in [5, 5.41) is 15.3. The number of aromatic nitrogens is 4. The van der Waals surface area contributed by atoms with Crippen LogP contribution in [0.2, 0.25) is 0 Å². The normalized spacial score (nSPS) is 18.0. The van der Waals surface area contributed by atoms with Crippen molar-refractivity contribution in [3.8, 4) is 5.13 Å². The standard InChI is InChI=1S/C20H21N7OS/c1-5-17(28)27-16-7-6-14(10-15(16)13(2)11-20(27,3)4)23-24-18-22-12-26(25-18)19-21-8-9-29-19/h5-10,12-13H,1,11H2,2-4H3. The summed E-state index contributed by atoms with van der Waals surface area (Å²) in [6, 6.07) is 5.74. The van der Waals surface area contributed by atoms with E-state index in [1.54, 1.807) is 17.2 Å². The fraction of sp³-hybridized carbons (Fsp3) is 0.300. The lowest BCUT2D eigenvalue weighted by atomic mass is 9.80. The largest absolute Gasteiger partial charge is 0.303 e. The molecule has 0 saturated heterocycles. The smallest absolute Gasteiger partial charge is 0.287 e. The first-order valence-corrected chi connectivity index (χ1v) is 10.1. The molecule has 1 aromatic carbocycles. The number of hydrogen-bond donors (Lipinski definition) is 0. The van der Waals surface area contributed by atoms with Crippen molar-refractivity contribution in [3.05, 3.63) is 54.3 Å². The Morgan fingerprint density at radius 1 is 1.34 bits per heavy atom. The predicted molar refractivity (Wildman–Crippen MR) is 112 cm³/mol. The lowest BCUT2D eigenvalue weighted by molar-refractivity contribution is -0.115. The number of anilines is 1. The van der Waals surface area contributed by atoms with E-state index in [1.807, 2.05) is 28.5 Å². The van der Waals surface area contributed by atoms with Gasteiger partial charge in [-0.3, -0.25) is 4.79 Å². The number of amides is 1. The minimum Gasteiger partial charge on any atom is -0.303 e. The monoisotopic (exact) mass is 407 g/mol. The number of rotatable bonds is 4. The molecular formula is C20H21N7OS. The Bertz CT molecular complexity index is 1080. The average molecular weight is 408 g/mol.